The molecule has 1 unspecified atom stereocenters. The Bertz CT molecular complexity index is 510. The van der Waals surface area contributed by atoms with Crippen LogP contribution in [-0.4, -0.2) is 31.3 Å². The monoisotopic (exact) mass is 260 g/mol. The van der Waals surface area contributed by atoms with Crippen molar-refractivity contribution in [3.63, 3.8) is 0 Å². The lowest BCUT2D eigenvalue weighted by atomic mass is 10.0. The van der Waals surface area contributed by atoms with E-state index in [2.05, 4.69) is 38.2 Å². The molecule has 0 radical (unpaired) electrons. The van der Waals surface area contributed by atoms with Gasteiger partial charge in [0.25, 0.3) is 0 Å². The Balaban J connectivity index is 1.97. The van der Waals surface area contributed by atoms with Gasteiger partial charge in [0.05, 0.1) is 12.2 Å². The number of anilines is 1. The van der Waals surface area contributed by atoms with Gasteiger partial charge in [-0.2, -0.15) is 0 Å². The van der Waals surface area contributed by atoms with E-state index in [1.165, 1.54) is 5.56 Å². The number of nitrogens with one attached hydrogen (secondary N) is 1. The second-order valence-corrected chi connectivity index (χ2v) is 5.81. The van der Waals surface area contributed by atoms with E-state index in [4.69, 9.17) is 4.74 Å². The highest BCUT2D eigenvalue weighted by Gasteiger charge is 2.48. The smallest absolute Gasteiger partial charge is 0.415 e. The topological polar surface area (TPSA) is 41.6 Å². The summed E-state index contributed by atoms with van der Waals surface area (Å²) >= 11 is 0. The molecule has 1 N–H and O–H groups in total. The van der Waals surface area contributed by atoms with Crippen molar-refractivity contribution in [2.45, 2.75) is 32.8 Å². The lowest BCUT2D eigenvalue weighted by Gasteiger charge is -2.21. The molecule has 0 aromatic heterocycles. The van der Waals surface area contributed by atoms with Gasteiger partial charge >= 0.3 is 6.09 Å². The van der Waals surface area contributed by atoms with Gasteiger partial charge in [-0.1, -0.05) is 17.7 Å². The van der Waals surface area contributed by atoms with Crippen molar-refractivity contribution in [3.8, 4) is 0 Å². The summed E-state index contributed by atoms with van der Waals surface area (Å²) in [5.41, 5.74) is 4.19. The number of hydrogen-bond donors (Lipinski definition) is 1. The van der Waals surface area contributed by atoms with Gasteiger partial charge in [0.2, 0.25) is 0 Å². The average molecular weight is 260 g/mol. The van der Waals surface area contributed by atoms with E-state index in [9.17, 15) is 4.79 Å². The predicted octanol–water partition coefficient (Wildman–Crippen LogP) is 2.30. The summed E-state index contributed by atoms with van der Waals surface area (Å²) in [7, 11) is 0. The molecule has 1 aromatic rings. The first kappa shape index (κ1) is 12.5. The summed E-state index contributed by atoms with van der Waals surface area (Å²) in [5, 5.41) is 3.28. The van der Waals surface area contributed by atoms with E-state index in [1.54, 1.807) is 4.90 Å². The lowest BCUT2D eigenvalue weighted by molar-refractivity contribution is 0.0733. The van der Waals surface area contributed by atoms with Crippen LogP contribution in [0.3, 0.4) is 0 Å². The van der Waals surface area contributed by atoms with Gasteiger partial charge in [0.15, 0.2) is 0 Å². The first-order valence-corrected chi connectivity index (χ1v) is 6.80. The molecule has 0 bridgehead atoms. The summed E-state index contributed by atoms with van der Waals surface area (Å²) in [6.45, 7) is 8.53. The van der Waals surface area contributed by atoms with Crippen molar-refractivity contribution in [3.05, 3.63) is 28.8 Å². The van der Waals surface area contributed by atoms with Crippen LogP contribution in [0.15, 0.2) is 12.1 Å². The number of carbonyl (C=O) groups is 1. The number of ether oxygens (including phenoxy) is 1. The van der Waals surface area contributed by atoms with Crippen LogP contribution in [0.4, 0.5) is 10.5 Å². The highest BCUT2D eigenvalue weighted by molar-refractivity contribution is 5.92. The molecule has 4 heteroatoms. The summed E-state index contributed by atoms with van der Waals surface area (Å²) in [4.78, 5) is 14.0. The third-order valence-corrected chi connectivity index (χ3v) is 4.08. The number of hydrogen-bond acceptors (Lipinski definition) is 3. The Hall–Kier alpha value is -1.55. The van der Waals surface area contributed by atoms with Gasteiger partial charge in [-0.25, -0.2) is 4.79 Å². The maximum atomic E-state index is 12.2. The van der Waals surface area contributed by atoms with Crippen LogP contribution in [0.25, 0.3) is 0 Å². The van der Waals surface area contributed by atoms with Gasteiger partial charge in [0.1, 0.15) is 5.60 Å². The van der Waals surface area contributed by atoms with E-state index in [0.717, 1.165) is 36.3 Å². The fourth-order valence-corrected chi connectivity index (χ4v) is 3.34. The van der Waals surface area contributed by atoms with Crippen LogP contribution in [0.2, 0.25) is 0 Å². The predicted molar refractivity (Wildman–Crippen MR) is 74.7 cm³/mol. The minimum absolute atomic E-state index is 0.209. The van der Waals surface area contributed by atoms with Gasteiger partial charge in [-0.05, 0) is 38.4 Å². The number of carbonyl (C=O) groups excluding carboxylic acids is 1. The SMILES string of the molecule is Cc1cc(C)c(N2CC3(CCNC3)OC2=O)c(C)c1. The zero-order chi connectivity index (χ0) is 13.6. The Kier molecular flexibility index (Phi) is 2.78. The van der Waals surface area contributed by atoms with E-state index >= 15 is 0 Å². The van der Waals surface area contributed by atoms with Crippen LogP contribution in [0.1, 0.15) is 23.1 Å². The Morgan fingerprint density at radius 1 is 1.26 bits per heavy atom. The maximum Gasteiger partial charge on any atom is 0.415 e. The molecule has 2 heterocycles. The molecule has 3 rings (SSSR count). The van der Waals surface area contributed by atoms with E-state index in [-0.39, 0.29) is 11.7 Å². The molecule has 1 atom stereocenters. The molecule has 0 aliphatic carbocycles. The zero-order valence-electron chi connectivity index (χ0n) is 11.7. The molecule has 2 aliphatic heterocycles. The molecule has 1 spiro atoms. The third kappa shape index (κ3) is 2.00. The largest absolute Gasteiger partial charge is 0.439 e. The Morgan fingerprint density at radius 2 is 1.95 bits per heavy atom. The summed E-state index contributed by atoms with van der Waals surface area (Å²) in [6.07, 6.45) is 0.692. The van der Waals surface area contributed by atoms with Gasteiger partial charge < -0.3 is 10.1 Å². The van der Waals surface area contributed by atoms with E-state index in [1.807, 2.05) is 0 Å². The Morgan fingerprint density at radius 3 is 2.53 bits per heavy atom. The molecule has 19 heavy (non-hydrogen) atoms. The quantitative estimate of drug-likeness (QED) is 0.842. The second-order valence-electron chi connectivity index (χ2n) is 5.81. The summed E-state index contributed by atoms with van der Waals surface area (Å²) in [6, 6.07) is 4.24. The van der Waals surface area contributed by atoms with Crippen LogP contribution < -0.4 is 10.2 Å². The number of rotatable bonds is 1. The summed E-state index contributed by atoms with van der Waals surface area (Å²) < 4.78 is 5.64. The van der Waals surface area contributed by atoms with Crippen molar-refractivity contribution < 1.29 is 9.53 Å². The van der Waals surface area contributed by atoms with Crippen molar-refractivity contribution in [2.24, 2.45) is 0 Å². The molecule has 2 aliphatic rings. The first-order valence-electron chi connectivity index (χ1n) is 6.80. The van der Waals surface area contributed by atoms with Gasteiger partial charge in [-0.3, -0.25) is 4.90 Å². The molecule has 2 saturated heterocycles. The zero-order valence-corrected chi connectivity index (χ0v) is 11.7. The normalized spacial score (nSPS) is 26.3. The molecule has 102 valence electrons. The van der Waals surface area contributed by atoms with E-state index < -0.39 is 0 Å². The van der Waals surface area contributed by atoms with Crippen molar-refractivity contribution in [1.82, 2.24) is 5.32 Å². The summed E-state index contributed by atoms with van der Waals surface area (Å²) in [5.74, 6) is 0. The fraction of sp³-hybridized carbons (Fsp3) is 0.533. The van der Waals surface area contributed by atoms with Gasteiger partial charge in [-0.15, -0.1) is 0 Å². The highest BCUT2D eigenvalue weighted by Crippen LogP contribution is 2.35. The Labute approximate surface area is 113 Å². The standard InChI is InChI=1S/C15H20N2O2/c1-10-6-11(2)13(12(3)7-10)17-9-15(19-14(17)18)4-5-16-8-15/h6-7,16H,4-5,8-9H2,1-3H3. The molecule has 1 amide bonds. The van der Waals surface area contributed by atoms with Crippen LogP contribution in [0.5, 0.6) is 0 Å². The second kappa shape index (κ2) is 4.23. The van der Waals surface area contributed by atoms with Crippen molar-refractivity contribution in [1.29, 1.82) is 0 Å². The molecule has 1 aromatic carbocycles. The molecular formula is C15H20N2O2. The average Bonchev–Trinajstić information content (AvgIpc) is 2.86. The molecule has 2 fully saturated rings. The van der Waals surface area contributed by atoms with Gasteiger partial charge in [0, 0.05) is 13.0 Å². The number of nitrogens with zero attached hydrogens (tertiary/aromatic N) is 1. The van der Waals surface area contributed by atoms with Crippen LogP contribution in [0, 0.1) is 20.8 Å². The lowest BCUT2D eigenvalue weighted by Crippen LogP contribution is -2.36. The van der Waals surface area contributed by atoms with Crippen molar-refractivity contribution in [2.75, 3.05) is 24.5 Å². The molecular weight excluding hydrogens is 240 g/mol. The van der Waals surface area contributed by atoms with Crippen molar-refractivity contribution >= 4 is 11.8 Å². The van der Waals surface area contributed by atoms with E-state index in [0.29, 0.717) is 6.54 Å². The number of aryl methyl sites for hydroxylation is 3. The highest BCUT2D eigenvalue weighted by atomic mass is 16.6. The first-order chi connectivity index (χ1) is 9.01. The third-order valence-electron chi connectivity index (χ3n) is 4.08. The minimum atomic E-state index is -0.319. The minimum Gasteiger partial charge on any atom is -0.439 e. The molecule has 4 nitrogen and oxygen atoms in total. The van der Waals surface area contributed by atoms with Crippen LogP contribution >= 0.6 is 0 Å². The number of benzene rings is 1. The fourth-order valence-electron chi connectivity index (χ4n) is 3.34. The number of amides is 1. The maximum absolute atomic E-state index is 12.2. The van der Waals surface area contributed by atoms with Crippen LogP contribution in [-0.2, 0) is 4.74 Å². The molecule has 0 saturated carbocycles.